The molecule has 0 aliphatic carbocycles. The van der Waals surface area contributed by atoms with Gasteiger partial charge in [0.15, 0.2) is 0 Å². The smallest absolute Gasteiger partial charge is 0.365 e. The van der Waals surface area contributed by atoms with Crippen LogP contribution in [0.2, 0.25) is 0 Å². The number of pyridine rings is 1. The Labute approximate surface area is 128 Å². The number of nitrogens with one attached hydrogen (secondary N) is 1. The van der Waals surface area contributed by atoms with Gasteiger partial charge in [0, 0.05) is 24.3 Å². The Kier molecular flexibility index (Phi) is 3.81. The largest absolute Gasteiger partial charge is 0.451 e. The van der Waals surface area contributed by atoms with Crippen molar-refractivity contribution < 1.29 is 17.6 Å². The van der Waals surface area contributed by atoms with Gasteiger partial charge < -0.3 is 5.32 Å². The molecule has 8 heteroatoms. The highest BCUT2D eigenvalue weighted by Gasteiger charge is 2.35. The minimum Gasteiger partial charge on any atom is -0.365 e. The molecule has 0 radical (unpaired) electrons. The van der Waals surface area contributed by atoms with Gasteiger partial charge in [-0.15, -0.1) is 0 Å². The second-order valence-corrected chi connectivity index (χ2v) is 4.77. The summed E-state index contributed by atoms with van der Waals surface area (Å²) in [5.74, 6) is -1.93. The summed E-state index contributed by atoms with van der Waals surface area (Å²) in [6.07, 6.45) is -1.53. The van der Waals surface area contributed by atoms with Crippen molar-refractivity contribution in [3.63, 3.8) is 0 Å². The zero-order chi connectivity index (χ0) is 16.4. The Morgan fingerprint density at radius 3 is 2.61 bits per heavy atom. The van der Waals surface area contributed by atoms with E-state index in [4.69, 9.17) is 0 Å². The molecule has 23 heavy (non-hydrogen) atoms. The lowest BCUT2D eigenvalue weighted by atomic mass is 10.2. The molecule has 3 aromatic rings. The zero-order valence-electron chi connectivity index (χ0n) is 11.6. The lowest BCUT2D eigenvalue weighted by molar-refractivity contribution is -0.144. The molecule has 0 aliphatic heterocycles. The van der Waals surface area contributed by atoms with Crippen LogP contribution >= 0.6 is 0 Å². The molecule has 0 bridgehead atoms. The van der Waals surface area contributed by atoms with E-state index in [9.17, 15) is 17.6 Å². The number of hydrogen-bond acceptors (Lipinski definition) is 4. The van der Waals surface area contributed by atoms with Crippen molar-refractivity contribution in [3.8, 4) is 0 Å². The number of benzene rings is 1. The SMILES string of the molecule is Fc1ccc2nc(C(F)(F)F)nc(NCc3cccnc3)c2c1. The van der Waals surface area contributed by atoms with Crippen LogP contribution in [0.1, 0.15) is 11.4 Å². The summed E-state index contributed by atoms with van der Waals surface area (Å²) in [4.78, 5) is 10.9. The average Bonchev–Trinajstić information content (AvgIpc) is 2.52. The van der Waals surface area contributed by atoms with Crippen molar-refractivity contribution in [2.45, 2.75) is 12.7 Å². The minimum absolute atomic E-state index is 0.0161. The van der Waals surface area contributed by atoms with Crippen molar-refractivity contribution in [2.75, 3.05) is 5.32 Å². The number of hydrogen-bond donors (Lipinski definition) is 1. The van der Waals surface area contributed by atoms with Gasteiger partial charge in [-0.3, -0.25) is 4.98 Å². The molecule has 0 amide bonds. The number of fused-ring (bicyclic) bond motifs is 1. The number of anilines is 1. The van der Waals surface area contributed by atoms with Crippen LogP contribution in [0.4, 0.5) is 23.4 Å². The van der Waals surface area contributed by atoms with E-state index >= 15 is 0 Å². The molecule has 1 N–H and O–H groups in total. The highest BCUT2D eigenvalue weighted by Crippen LogP contribution is 2.30. The highest BCUT2D eigenvalue weighted by molar-refractivity contribution is 5.89. The summed E-state index contributed by atoms with van der Waals surface area (Å²) in [5.41, 5.74) is 0.770. The Balaban J connectivity index is 2.03. The van der Waals surface area contributed by atoms with Crippen LogP contribution in [-0.2, 0) is 12.7 Å². The zero-order valence-corrected chi connectivity index (χ0v) is 11.6. The van der Waals surface area contributed by atoms with Crippen molar-refractivity contribution in [3.05, 3.63) is 59.9 Å². The fourth-order valence-electron chi connectivity index (χ4n) is 2.05. The first-order valence-corrected chi connectivity index (χ1v) is 6.61. The van der Waals surface area contributed by atoms with E-state index in [1.165, 1.54) is 6.07 Å². The summed E-state index contributed by atoms with van der Waals surface area (Å²) < 4.78 is 52.1. The van der Waals surface area contributed by atoms with Crippen molar-refractivity contribution in [2.24, 2.45) is 0 Å². The van der Waals surface area contributed by atoms with Crippen LogP contribution in [0.5, 0.6) is 0 Å². The molecule has 3 rings (SSSR count). The third-order valence-corrected chi connectivity index (χ3v) is 3.09. The standard InChI is InChI=1S/C15H10F4N4/c16-10-3-4-12-11(6-10)13(23-14(22-12)15(17,18)19)21-8-9-2-1-5-20-7-9/h1-7H,8H2,(H,21,22,23). The lowest BCUT2D eigenvalue weighted by Crippen LogP contribution is -2.13. The molecule has 0 unspecified atom stereocenters. The van der Waals surface area contributed by atoms with Crippen molar-refractivity contribution >= 4 is 16.7 Å². The molecule has 0 atom stereocenters. The molecule has 0 aliphatic rings. The minimum atomic E-state index is -4.69. The van der Waals surface area contributed by atoms with Gasteiger partial charge in [0.1, 0.15) is 11.6 Å². The first-order valence-electron chi connectivity index (χ1n) is 6.61. The van der Waals surface area contributed by atoms with Gasteiger partial charge in [-0.2, -0.15) is 13.2 Å². The summed E-state index contributed by atoms with van der Waals surface area (Å²) in [5, 5.41) is 2.97. The van der Waals surface area contributed by atoms with E-state index < -0.39 is 17.8 Å². The molecule has 2 aromatic heterocycles. The highest BCUT2D eigenvalue weighted by atomic mass is 19.4. The maximum absolute atomic E-state index is 13.4. The van der Waals surface area contributed by atoms with Crippen LogP contribution in [0.15, 0.2) is 42.7 Å². The Hall–Kier alpha value is -2.77. The fourth-order valence-corrected chi connectivity index (χ4v) is 2.05. The van der Waals surface area contributed by atoms with Crippen molar-refractivity contribution in [1.29, 1.82) is 0 Å². The van der Waals surface area contributed by atoms with Crippen LogP contribution in [-0.4, -0.2) is 15.0 Å². The van der Waals surface area contributed by atoms with E-state index in [-0.39, 0.29) is 23.3 Å². The normalized spacial score (nSPS) is 11.7. The molecule has 0 saturated carbocycles. The number of rotatable bonds is 3. The second-order valence-electron chi connectivity index (χ2n) is 4.77. The molecule has 0 spiro atoms. The van der Waals surface area contributed by atoms with Gasteiger partial charge in [0.2, 0.25) is 5.82 Å². The van der Waals surface area contributed by atoms with E-state index in [0.717, 1.165) is 17.7 Å². The number of aromatic nitrogens is 3. The quantitative estimate of drug-likeness (QED) is 0.745. The van der Waals surface area contributed by atoms with Crippen molar-refractivity contribution in [1.82, 2.24) is 15.0 Å². The monoisotopic (exact) mass is 322 g/mol. The van der Waals surface area contributed by atoms with Gasteiger partial charge in [0.05, 0.1) is 5.52 Å². The van der Waals surface area contributed by atoms with Crippen LogP contribution in [0.25, 0.3) is 10.9 Å². The topological polar surface area (TPSA) is 50.7 Å². The lowest BCUT2D eigenvalue weighted by Gasteiger charge is -2.12. The first-order chi connectivity index (χ1) is 10.9. The maximum atomic E-state index is 13.4. The summed E-state index contributed by atoms with van der Waals surface area (Å²) in [6, 6.07) is 6.81. The second kappa shape index (κ2) is 5.79. The Morgan fingerprint density at radius 2 is 1.91 bits per heavy atom. The molecule has 2 heterocycles. The van der Waals surface area contributed by atoms with Gasteiger partial charge in [-0.1, -0.05) is 6.07 Å². The van der Waals surface area contributed by atoms with Crippen LogP contribution in [0.3, 0.4) is 0 Å². The molecular weight excluding hydrogens is 312 g/mol. The predicted octanol–water partition coefficient (Wildman–Crippen LogP) is 3.79. The molecule has 0 fully saturated rings. The third-order valence-electron chi connectivity index (χ3n) is 3.09. The number of alkyl halides is 3. The Morgan fingerprint density at radius 1 is 1.09 bits per heavy atom. The Bertz CT molecular complexity index is 834. The van der Waals surface area contributed by atoms with E-state index in [1.54, 1.807) is 24.5 Å². The molecule has 1 aromatic carbocycles. The summed E-state index contributed by atoms with van der Waals surface area (Å²) in [7, 11) is 0. The number of nitrogens with zero attached hydrogens (tertiary/aromatic N) is 3. The van der Waals surface area contributed by atoms with E-state index in [2.05, 4.69) is 20.3 Å². The summed E-state index contributed by atoms with van der Waals surface area (Å²) in [6.45, 7) is 0.202. The molecule has 0 saturated heterocycles. The molecule has 118 valence electrons. The average molecular weight is 322 g/mol. The molecular formula is C15H10F4N4. The van der Waals surface area contributed by atoms with Crippen LogP contribution < -0.4 is 5.32 Å². The predicted molar refractivity (Wildman–Crippen MR) is 76.1 cm³/mol. The molecule has 4 nitrogen and oxygen atoms in total. The van der Waals surface area contributed by atoms with Gasteiger partial charge in [-0.25, -0.2) is 14.4 Å². The first kappa shape index (κ1) is 15.1. The fraction of sp³-hybridized carbons (Fsp3) is 0.133. The maximum Gasteiger partial charge on any atom is 0.451 e. The van der Waals surface area contributed by atoms with Gasteiger partial charge >= 0.3 is 6.18 Å². The third kappa shape index (κ3) is 3.36. The summed E-state index contributed by atoms with van der Waals surface area (Å²) >= 11 is 0. The number of halogens is 4. The van der Waals surface area contributed by atoms with Gasteiger partial charge in [0.25, 0.3) is 0 Å². The van der Waals surface area contributed by atoms with E-state index in [0.29, 0.717) is 0 Å². The van der Waals surface area contributed by atoms with Crippen LogP contribution in [0, 0.1) is 5.82 Å². The van der Waals surface area contributed by atoms with E-state index in [1.807, 2.05) is 0 Å². The van der Waals surface area contributed by atoms with Gasteiger partial charge in [-0.05, 0) is 29.8 Å².